The zero-order valence-corrected chi connectivity index (χ0v) is 26.5. The van der Waals surface area contributed by atoms with Gasteiger partial charge in [0, 0.05) is 43.9 Å². The number of hydrogen-bond donors (Lipinski definition) is 1. The Hall–Kier alpha value is -3.00. The molecule has 2 aliphatic heterocycles. The van der Waals surface area contributed by atoms with Crippen LogP contribution in [0.3, 0.4) is 0 Å². The number of ether oxygens (including phenoxy) is 1. The number of nitrogens with zero attached hydrogens (tertiary/aromatic N) is 5. The Labute approximate surface area is 253 Å². The molecule has 7 nitrogen and oxygen atoms in total. The molecule has 2 aliphatic rings. The lowest BCUT2D eigenvalue weighted by Gasteiger charge is -2.35. The highest BCUT2D eigenvalue weighted by atomic mass is 16.5. The van der Waals surface area contributed by atoms with E-state index in [-0.39, 0.29) is 0 Å². The standard InChI is InChI=1S/C35H50N6O/c1-6-7-12-39-15-17-41(18-16-39)34-9-8-32(24-37-34)42-35-28(4)31(25-40-13-10-29(11-14-40)23-36-5)22-33(38-35)30-20-26(2)19-27(3)21-30/h8-9,19-22,24,29,36H,6-7,10-18,23,25H2,1-5H3. The highest BCUT2D eigenvalue weighted by molar-refractivity contribution is 5.64. The van der Waals surface area contributed by atoms with Crippen molar-refractivity contribution in [3.63, 3.8) is 0 Å². The van der Waals surface area contributed by atoms with E-state index in [1.807, 2.05) is 12.3 Å². The second-order valence-corrected chi connectivity index (χ2v) is 12.4. The van der Waals surface area contributed by atoms with Crippen LogP contribution < -0.4 is 15.0 Å². The fraction of sp³-hybridized carbons (Fsp3) is 0.543. The van der Waals surface area contributed by atoms with Gasteiger partial charge in [-0.25, -0.2) is 9.97 Å². The maximum absolute atomic E-state index is 6.49. The first-order valence-corrected chi connectivity index (χ1v) is 16.0. The summed E-state index contributed by atoms with van der Waals surface area (Å²) < 4.78 is 6.49. The lowest BCUT2D eigenvalue weighted by Crippen LogP contribution is -2.46. The molecule has 2 saturated heterocycles. The van der Waals surface area contributed by atoms with Gasteiger partial charge in [0.15, 0.2) is 0 Å². The van der Waals surface area contributed by atoms with Gasteiger partial charge in [0.05, 0.1) is 11.9 Å². The summed E-state index contributed by atoms with van der Waals surface area (Å²) in [5.41, 5.74) is 6.98. The minimum absolute atomic E-state index is 0.672. The van der Waals surface area contributed by atoms with Gasteiger partial charge in [-0.2, -0.15) is 0 Å². The van der Waals surface area contributed by atoms with Crippen molar-refractivity contribution in [2.75, 3.05) is 64.3 Å². The van der Waals surface area contributed by atoms with Gasteiger partial charge in [0.2, 0.25) is 5.88 Å². The molecule has 3 aromatic rings. The first-order chi connectivity index (χ1) is 20.4. The summed E-state index contributed by atoms with van der Waals surface area (Å²) in [5, 5.41) is 3.35. The number of unbranched alkanes of at least 4 members (excludes halogenated alkanes) is 1. The summed E-state index contributed by atoms with van der Waals surface area (Å²) >= 11 is 0. The molecule has 2 fully saturated rings. The first kappa shape index (κ1) is 30.5. The van der Waals surface area contributed by atoms with Gasteiger partial charge in [-0.15, -0.1) is 0 Å². The van der Waals surface area contributed by atoms with Crippen LogP contribution in [0.15, 0.2) is 42.6 Å². The molecule has 0 unspecified atom stereocenters. The Morgan fingerprint density at radius 2 is 1.64 bits per heavy atom. The van der Waals surface area contributed by atoms with E-state index in [2.05, 4.69) is 85.1 Å². The molecule has 4 heterocycles. The number of likely N-dealkylation sites (tertiary alicyclic amines) is 1. The van der Waals surface area contributed by atoms with Gasteiger partial charge in [-0.1, -0.05) is 30.5 Å². The molecule has 2 aromatic heterocycles. The van der Waals surface area contributed by atoms with Gasteiger partial charge >= 0.3 is 0 Å². The fourth-order valence-corrected chi connectivity index (χ4v) is 6.36. The third-order valence-corrected chi connectivity index (χ3v) is 8.91. The van der Waals surface area contributed by atoms with E-state index in [9.17, 15) is 0 Å². The van der Waals surface area contributed by atoms with Crippen LogP contribution >= 0.6 is 0 Å². The maximum Gasteiger partial charge on any atom is 0.223 e. The predicted molar refractivity (Wildman–Crippen MR) is 174 cm³/mol. The molecular weight excluding hydrogens is 520 g/mol. The van der Waals surface area contributed by atoms with Crippen molar-refractivity contribution in [1.29, 1.82) is 0 Å². The average molecular weight is 571 g/mol. The topological polar surface area (TPSA) is 56.8 Å². The van der Waals surface area contributed by atoms with Crippen molar-refractivity contribution in [3.05, 3.63) is 64.8 Å². The normalized spacial score (nSPS) is 17.1. The molecule has 1 N–H and O–H groups in total. The van der Waals surface area contributed by atoms with Gasteiger partial charge in [-0.3, -0.25) is 9.80 Å². The Bertz CT molecular complexity index is 1270. The van der Waals surface area contributed by atoms with Crippen molar-refractivity contribution in [2.45, 2.75) is 59.9 Å². The second kappa shape index (κ2) is 14.5. The van der Waals surface area contributed by atoms with Crippen LogP contribution in [-0.4, -0.2) is 79.2 Å². The Balaban J connectivity index is 1.34. The molecule has 0 radical (unpaired) electrons. The van der Waals surface area contributed by atoms with Crippen LogP contribution in [-0.2, 0) is 6.54 Å². The molecule has 42 heavy (non-hydrogen) atoms. The molecule has 1 aromatic carbocycles. The van der Waals surface area contributed by atoms with Crippen LogP contribution in [0.5, 0.6) is 11.6 Å². The average Bonchev–Trinajstić information content (AvgIpc) is 2.99. The van der Waals surface area contributed by atoms with Crippen molar-refractivity contribution in [3.8, 4) is 22.9 Å². The summed E-state index contributed by atoms with van der Waals surface area (Å²) in [4.78, 5) is 17.4. The number of nitrogens with one attached hydrogen (secondary N) is 1. The fourth-order valence-electron chi connectivity index (χ4n) is 6.36. The summed E-state index contributed by atoms with van der Waals surface area (Å²) in [6.45, 7) is 18.4. The van der Waals surface area contributed by atoms with Crippen LogP contribution in [0.25, 0.3) is 11.3 Å². The molecule has 0 bridgehead atoms. The van der Waals surface area contributed by atoms with Gasteiger partial charge in [-0.05, 0) is 115 Å². The van der Waals surface area contributed by atoms with Crippen LogP contribution in [0.2, 0.25) is 0 Å². The highest BCUT2D eigenvalue weighted by Gasteiger charge is 2.22. The highest BCUT2D eigenvalue weighted by Crippen LogP contribution is 2.32. The molecule has 226 valence electrons. The van der Waals surface area contributed by atoms with Gasteiger partial charge < -0.3 is 15.0 Å². The quantitative estimate of drug-likeness (QED) is 0.294. The minimum Gasteiger partial charge on any atom is -0.437 e. The van der Waals surface area contributed by atoms with Gasteiger partial charge in [0.1, 0.15) is 11.6 Å². The molecular formula is C35H50N6O. The van der Waals surface area contributed by atoms with E-state index in [1.165, 1.54) is 48.9 Å². The summed E-state index contributed by atoms with van der Waals surface area (Å²) in [5.74, 6) is 3.20. The van der Waals surface area contributed by atoms with E-state index < -0.39 is 0 Å². The summed E-state index contributed by atoms with van der Waals surface area (Å²) in [6.07, 6.45) is 6.87. The van der Waals surface area contributed by atoms with E-state index in [0.717, 1.165) is 86.7 Å². The van der Waals surface area contributed by atoms with E-state index in [0.29, 0.717) is 5.88 Å². The molecule has 7 heteroatoms. The number of piperazine rings is 1. The molecule has 0 saturated carbocycles. The largest absolute Gasteiger partial charge is 0.437 e. The van der Waals surface area contributed by atoms with E-state index in [1.54, 1.807) is 0 Å². The molecule has 0 amide bonds. The maximum atomic E-state index is 6.49. The third kappa shape index (κ3) is 7.88. The number of benzene rings is 1. The van der Waals surface area contributed by atoms with Gasteiger partial charge in [0.25, 0.3) is 0 Å². The Kier molecular flexibility index (Phi) is 10.5. The van der Waals surface area contributed by atoms with Crippen molar-refractivity contribution >= 4 is 5.82 Å². The number of hydrogen-bond acceptors (Lipinski definition) is 7. The SMILES string of the molecule is CCCCN1CCN(c2ccc(Oc3nc(-c4cc(C)cc(C)c4)cc(CN4CCC(CNC)CC4)c3C)cn2)CC1. The summed E-state index contributed by atoms with van der Waals surface area (Å²) in [6, 6.07) is 13.1. The number of aryl methyl sites for hydroxylation is 2. The second-order valence-electron chi connectivity index (χ2n) is 12.4. The monoisotopic (exact) mass is 570 g/mol. The Morgan fingerprint density at radius 1 is 0.905 bits per heavy atom. The van der Waals surface area contributed by atoms with Crippen LogP contribution in [0.1, 0.15) is 54.9 Å². The van der Waals surface area contributed by atoms with Crippen LogP contribution in [0.4, 0.5) is 5.82 Å². The Morgan fingerprint density at radius 3 is 2.29 bits per heavy atom. The van der Waals surface area contributed by atoms with Crippen molar-refractivity contribution in [2.24, 2.45) is 5.92 Å². The van der Waals surface area contributed by atoms with E-state index in [4.69, 9.17) is 14.7 Å². The first-order valence-electron chi connectivity index (χ1n) is 16.0. The molecule has 0 atom stereocenters. The smallest absolute Gasteiger partial charge is 0.223 e. The lowest BCUT2D eigenvalue weighted by molar-refractivity contribution is 0.176. The van der Waals surface area contributed by atoms with E-state index >= 15 is 0 Å². The zero-order chi connectivity index (χ0) is 29.5. The number of anilines is 1. The number of aromatic nitrogens is 2. The van der Waals surface area contributed by atoms with Crippen LogP contribution in [0, 0.1) is 26.7 Å². The third-order valence-electron chi connectivity index (χ3n) is 8.91. The lowest BCUT2D eigenvalue weighted by atomic mass is 9.96. The van der Waals surface area contributed by atoms with Crippen molar-refractivity contribution < 1.29 is 4.74 Å². The number of piperidine rings is 1. The number of rotatable bonds is 11. The minimum atomic E-state index is 0.672. The number of pyridine rings is 2. The zero-order valence-electron chi connectivity index (χ0n) is 26.5. The summed E-state index contributed by atoms with van der Waals surface area (Å²) in [7, 11) is 2.06. The predicted octanol–water partition coefficient (Wildman–Crippen LogP) is 6.21. The molecule has 0 aliphatic carbocycles. The molecule has 5 rings (SSSR count). The molecule has 0 spiro atoms. The van der Waals surface area contributed by atoms with Crippen molar-refractivity contribution in [1.82, 2.24) is 25.1 Å².